The number of carboxylic acid groups (broad SMARTS) is 1. The molecule has 1 aliphatic rings. The second-order valence-electron chi connectivity index (χ2n) is 4.64. The normalized spacial score (nSPS) is 17.3. The maximum atomic E-state index is 11.4. The van der Waals surface area contributed by atoms with E-state index in [1.807, 2.05) is 47.4 Å². The Labute approximate surface area is 111 Å². The largest absolute Gasteiger partial charge is 0.480 e. The van der Waals surface area contributed by atoms with E-state index < -0.39 is 12.0 Å². The maximum Gasteiger partial charge on any atom is 0.326 e. The minimum Gasteiger partial charge on any atom is -0.480 e. The van der Waals surface area contributed by atoms with Crippen LogP contribution in [0.2, 0.25) is 0 Å². The lowest BCUT2D eigenvalue weighted by atomic mass is 10.1. The molecule has 0 saturated heterocycles. The summed E-state index contributed by atoms with van der Waals surface area (Å²) in [6.45, 7) is 0.523. The van der Waals surface area contributed by atoms with Gasteiger partial charge in [-0.05, 0) is 23.8 Å². The molecule has 1 unspecified atom stereocenters. The number of nitrogens with zero attached hydrogens (tertiary/aromatic N) is 2. The number of aromatic nitrogens is 1. The van der Waals surface area contributed by atoms with E-state index in [2.05, 4.69) is 4.98 Å². The van der Waals surface area contributed by atoms with Crippen molar-refractivity contribution in [2.75, 3.05) is 4.90 Å². The number of benzene rings is 1. The van der Waals surface area contributed by atoms with Crippen LogP contribution < -0.4 is 4.90 Å². The number of para-hydroxylation sites is 1. The molecule has 1 aromatic heterocycles. The SMILES string of the molecule is O=C(O)C1Cc2ccccc2N1Cc1ccccn1. The summed E-state index contributed by atoms with van der Waals surface area (Å²) in [5, 5.41) is 9.37. The van der Waals surface area contributed by atoms with E-state index in [0.29, 0.717) is 13.0 Å². The van der Waals surface area contributed by atoms with E-state index in [-0.39, 0.29) is 0 Å². The average Bonchev–Trinajstić information content (AvgIpc) is 2.79. The Bertz CT molecular complexity index is 598. The summed E-state index contributed by atoms with van der Waals surface area (Å²) in [5.41, 5.74) is 2.97. The second kappa shape index (κ2) is 4.72. The topological polar surface area (TPSA) is 53.4 Å². The van der Waals surface area contributed by atoms with Crippen molar-refractivity contribution in [3.8, 4) is 0 Å². The fraction of sp³-hybridized carbons (Fsp3) is 0.200. The smallest absolute Gasteiger partial charge is 0.326 e. The van der Waals surface area contributed by atoms with Gasteiger partial charge in [0.25, 0.3) is 0 Å². The van der Waals surface area contributed by atoms with Crippen molar-refractivity contribution in [2.45, 2.75) is 19.0 Å². The van der Waals surface area contributed by atoms with Gasteiger partial charge in [-0.25, -0.2) is 4.79 Å². The van der Waals surface area contributed by atoms with Gasteiger partial charge in [0.2, 0.25) is 0 Å². The van der Waals surface area contributed by atoms with Crippen molar-refractivity contribution in [2.24, 2.45) is 0 Å². The Balaban J connectivity index is 1.94. The maximum absolute atomic E-state index is 11.4. The third kappa shape index (κ3) is 2.17. The molecular weight excluding hydrogens is 240 g/mol. The van der Waals surface area contributed by atoms with Crippen LogP contribution in [-0.4, -0.2) is 22.1 Å². The van der Waals surface area contributed by atoms with Crippen molar-refractivity contribution in [1.82, 2.24) is 4.98 Å². The number of carboxylic acids is 1. The molecule has 1 atom stereocenters. The van der Waals surface area contributed by atoms with Crippen molar-refractivity contribution in [3.05, 3.63) is 59.9 Å². The van der Waals surface area contributed by atoms with Crippen LogP contribution in [0.3, 0.4) is 0 Å². The van der Waals surface area contributed by atoms with Gasteiger partial charge in [-0.2, -0.15) is 0 Å². The van der Waals surface area contributed by atoms with E-state index in [9.17, 15) is 9.90 Å². The van der Waals surface area contributed by atoms with Gasteiger partial charge < -0.3 is 10.0 Å². The highest BCUT2D eigenvalue weighted by molar-refractivity contribution is 5.82. The number of anilines is 1. The Kier molecular flexibility index (Phi) is 2.91. The molecule has 4 heteroatoms. The van der Waals surface area contributed by atoms with Gasteiger partial charge in [0.1, 0.15) is 6.04 Å². The number of fused-ring (bicyclic) bond motifs is 1. The highest BCUT2D eigenvalue weighted by Crippen LogP contribution is 2.33. The van der Waals surface area contributed by atoms with Crippen LogP contribution in [0.4, 0.5) is 5.69 Å². The Morgan fingerprint density at radius 3 is 2.79 bits per heavy atom. The van der Waals surface area contributed by atoms with Crippen molar-refractivity contribution in [1.29, 1.82) is 0 Å². The fourth-order valence-corrected chi connectivity index (χ4v) is 2.53. The van der Waals surface area contributed by atoms with E-state index in [0.717, 1.165) is 16.9 Å². The van der Waals surface area contributed by atoms with Gasteiger partial charge >= 0.3 is 5.97 Å². The standard InChI is InChI=1S/C15H14N2O2/c18-15(19)14-9-11-5-1-2-7-13(11)17(14)10-12-6-3-4-8-16-12/h1-8,14H,9-10H2,(H,18,19). The first-order valence-electron chi connectivity index (χ1n) is 6.23. The van der Waals surface area contributed by atoms with Crippen molar-refractivity contribution >= 4 is 11.7 Å². The predicted octanol–water partition coefficient (Wildman–Crippen LogP) is 2.10. The van der Waals surface area contributed by atoms with Crippen LogP contribution >= 0.6 is 0 Å². The first-order valence-corrected chi connectivity index (χ1v) is 6.23. The molecule has 96 valence electrons. The monoisotopic (exact) mass is 254 g/mol. The molecule has 4 nitrogen and oxygen atoms in total. The van der Waals surface area contributed by atoms with E-state index in [1.54, 1.807) is 6.20 Å². The number of pyridine rings is 1. The highest BCUT2D eigenvalue weighted by atomic mass is 16.4. The quantitative estimate of drug-likeness (QED) is 0.911. The van der Waals surface area contributed by atoms with Gasteiger partial charge in [0.15, 0.2) is 0 Å². The Morgan fingerprint density at radius 2 is 2.05 bits per heavy atom. The summed E-state index contributed by atoms with van der Waals surface area (Å²) in [4.78, 5) is 17.6. The zero-order valence-corrected chi connectivity index (χ0v) is 10.4. The van der Waals surface area contributed by atoms with Gasteiger partial charge in [-0.1, -0.05) is 24.3 Å². The molecule has 2 aromatic rings. The molecule has 0 amide bonds. The predicted molar refractivity (Wildman–Crippen MR) is 72.0 cm³/mol. The summed E-state index contributed by atoms with van der Waals surface area (Å²) in [6, 6.07) is 13.0. The molecule has 1 aromatic carbocycles. The number of hydrogen-bond acceptors (Lipinski definition) is 3. The minimum absolute atomic E-state index is 0.501. The first kappa shape index (κ1) is 11.7. The van der Waals surface area contributed by atoms with Gasteiger partial charge in [-0.15, -0.1) is 0 Å². The van der Waals surface area contributed by atoms with Crippen LogP contribution in [0.1, 0.15) is 11.3 Å². The van der Waals surface area contributed by atoms with Crippen LogP contribution in [0.25, 0.3) is 0 Å². The van der Waals surface area contributed by atoms with Gasteiger partial charge in [-0.3, -0.25) is 4.98 Å². The molecule has 1 N–H and O–H groups in total. The zero-order valence-electron chi connectivity index (χ0n) is 10.4. The molecule has 0 radical (unpaired) electrons. The summed E-state index contributed by atoms with van der Waals surface area (Å²) in [7, 11) is 0. The third-order valence-corrected chi connectivity index (χ3v) is 3.43. The summed E-state index contributed by atoms with van der Waals surface area (Å²) < 4.78 is 0. The molecule has 1 aliphatic heterocycles. The third-order valence-electron chi connectivity index (χ3n) is 3.43. The van der Waals surface area contributed by atoms with Crippen molar-refractivity contribution in [3.63, 3.8) is 0 Å². The highest BCUT2D eigenvalue weighted by Gasteiger charge is 2.34. The molecule has 0 saturated carbocycles. The first-order chi connectivity index (χ1) is 9.25. The number of aliphatic carboxylic acids is 1. The molecule has 3 rings (SSSR count). The number of carbonyl (C=O) groups is 1. The lowest BCUT2D eigenvalue weighted by Crippen LogP contribution is -2.38. The van der Waals surface area contributed by atoms with Crippen LogP contribution in [0.15, 0.2) is 48.7 Å². The Hall–Kier alpha value is -2.36. The van der Waals surface area contributed by atoms with Gasteiger partial charge in [0, 0.05) is 18.3 Å². The molecule has 0 spiro atoms. The minimum atomic E-state index is -0.785. The van der Waals surface area contributed by atoms with E-state index in [1.165, 1.54) is 0 Å². The lowest BCUT2D eigenvalue weighted by molar-refractivity contribution is -0.138. The lowest BCUT2D eigenvalue weighted by Gasteiger charge is -2.24. The number of rotatable bonds is 3. The Morgan fingerprint density at radius 1 is 1.26 bits per heavy atom. The van der Waals surface area contributed by atoms with Crippen LogP contribution in [0, 0.1) is 0 Å². The summed E-state index contributed by atoms with van der Waals surface area (Å²) in [5.74, 6) is -0.785. The molecule has 0 bridgehead atoms. The molecular formula is C15H14N2O2. The van der Waals surface area contributed by atoms with E-state index >= 15 is 0 Å². The summed E-state index contributed by atoms with van der Waals surface area (Å²) >= 11 is 0. The van der Waals surface area contributed by atoms with Gasteiger partial charge in [0.05, 0.1) is 12.2 Å². The summed E-state index contributed by atoms with van der Waals surface area (Å²) in [6.07, 6.45) is 2.28. The molecule has 0 fully saturated rings. The van der Waals surface area contributed by atoms with E-state index in [4.69, 9.17) is 0 Å². The van der Waals surface area contributed by atoms with Crippen LogP contribution in [-0.2, 0) is 17.8 Å². The zero-order chi connectivity index (χ0) is 13.2. The van der Waals surface area contributed by atoms with Crippen molar-refractivity contribution < 1.29 is 9.90 Å². The molecule has 0 aliphatic carbocycles. The molecule has 19 heavy (non-hydrogen) atoms. The van der Waals surface area contributed by atoms with Crippen LogP contribution in [0.5, 0.6) is 0 Å². The molecule has 2 heterocycles. The average molecular weight is 254 g/mol. The number of hydrogen-bond donors (Lipinski definition) is 1. The second-order valence-corrected chi connectivity index (χ2v) is 4.64. The fourth-order valence-electron chi connectivity index (χ4n) is 2.53.